The number of halogens is 1. The predicted octanol–water partition coefficient (Wildman–Crippen LogP) is 4.13. The zero-order valence-corrected chi connectivity index (χ0v) is 16.0. The molecule has 0 bridgehead atoms. The van der Waals surface area contributed by atoms with Crippen LogP contribution in [0.25, 0.3) is 10.9 Å². The summed E-state index contributed by atoms with van der Waals surface area (Å²) in [6.45, 7) is 0.622. The molecule has 0 unspecified atom stereocenters. The van der Waals surface area contributed by atoms with E-state index in [1.807, 2.05) is 35.0 Å². The number of hydrogen-bond acceptors (Lipinski definition) is 4. The number of carbonyl (C=O) groups excluding carboxylic acids is 2. The summed E-state index contributed by atoms with van der Waals surface area (Å²) in [6, 6.07) is 14.3. The first-order chi connectivity index (χ1) is 13.5. The van der Waals surface area contributed by atoms with Gasteiger partial charge in [0, 0.05) is 35.2 Å². The van der Waals surface area contributed by atoms with Crippen molar-refractivity contribution in [2.75, 3.05) is 31.0 Å². The van der Waals surface area contributed by atoms with Gasteiger partial charge in [-0.3, -0.25) is 10.1 Å². The number of rotatable bonds is 7. The van der Waals surface area contributed by atoms with Crippen LogP contribution in [0.2, 0.25) is 5.02 Å². The predicted molar refractivity (Wildman–Crippen MR) is 109 cm³/mol. The first-order valence-electron chi connectivity index (χ1n) is 8.62. The average Bonchev–Trinajstić information content (AvgIpc) is 3.04. The van der Waals surface area contributed by atoms with Crippen LogP contribution in [0.3, 0.4) is 0 Å². The van der Waals surface area contributed by atoms with Gasteiger partial charge in [-0.1, -0.05) is 23.7 Å². The van der Waals surface area contributed by atoms with Crippen LogP contribution in [0.1, 0.15) is 0 Å². The summed E-state index contributed by atoms with van der Waals surface area (Å²) in [5.41, 5.74) is 1.96. The number of methoxy groups -OCH3 is 1. The van der Waals surface area contributed by atoms with Crippen LogP contribution in [0.4, 0.5) is 16.2 Å². The summed E-state index contributed by atoms with van der Waals surface area (Å²) < 4.78 is 11.6. The molecule has 0 aliphatic rings. The molecule has 2 aromatic carbocycles. The second-order valence-corrected chi connectivity index (χ2v) is 6.47. The van der Waals surface area contributed by atoms with Gasteiger partial charge in [-0.2, -0.15) is 0 Å². The van der Waals surface area contributed by atoms with E-state index < -0.39 is 6.09 Å². The zero-order valence-electron chi connectivity index (χ0n) is 15.3. The topological polar surface area (TPSA) is 81.6 Å². The van der Waals surface area contributed by atoms with E-state index in [-0.39, 0.29) is 19.1 Å². The first kappa shape index (κ1) is 19.7. The van der Waals surface area contributed by atoms with Gasteiger partial charge < -0.3 is 19.4 Å². The fourth-order valence-corrected chi connectivity index (χ4v) is 2.86. The lowest BCUT2D eigenvalue weighted by Crippen LogP contribution is -2.19. The van der Waals surface area contributed by atoms with Gasteiger partial charge in [0.05, 0.1) is 6.61 Å². The molecular weight excluding hydrogens is 382 g/mol. The second kappa shape index (κ2) is 9.25. The van der Waals surface area contributed by atoms with Crippen molar-refractivity contribution in [3.63, 3.8) is 0 Å². The van der Waals surface area contributed by atoms with Gasteiger partial charge in [0.15, 0.2) is 0 Å². The lowest BCUT2D eigenvalue weighted by atomic mass is 10.2. The van der Waals surface area contributed by atoms with Crippen LogP contribution in [-0.4, -0.2) is 36.9 Å². The van der Waals surface area contributed by atoms with Crippen molar-refractivity contribution in [3.8, 4) is 0 Å². The Labute approximate surface area is 167 Å². The first-order valence-corrected chi connectivity index (χ1v) is 9.00. The molecule has 3 rings (SSSR count). The number of hydrogen-bond donors (Lipinski definition) is 2. The van der Waals surface area contributed by atoms with Crippen molar-refractivity contribution in [1.29, 1.82) is 0 Å². The number of fused-ring (bicyclic) bond motifs is 1. The van der Waals surface area contributed by atoms with Crippen molar-refractivity contribution in [3.05, 3.63) is 59.8 Å². The lowest BCUT2D eigenvalue weighted by molar-refractivity contribution is -0.116. The normalized spacial score (nSPS) is 10.6. The number of amides is 2. The monoisotopic (exact) mass is 401 g/mol. The molecule has 146 valence electrons. The van der Waals surface area contributed by atoms with Crippen LogP contribution >= 0.6 is 11.6 Å². The molecule has 7 nitrogen and oxygen atoms in total. The molecule has 0 radical (unpaired) electrons. The molecule has 3 aromatic rings. The lowest BCUT2D eigenvalue weighted by Gasteiger charge is -2.10. The van der Waals surface area contributed by atoms with Crippen molar-refractivity contribution in [2.45, 2.75) is 6.54 Å². The summed E-state index contributed by atoms with van der Waals surface area (Å²) in [4.78, 5) is 24.1. The summed E-state index contributed by atoms with van der Waals surface area (Å²) in [7, 11) is 1.53. The Morgan fingerprint density at radius 2 is 1.82 bits per heavy atom. The SMILES string of the molecule is COCCOC(=O)Nc1cccc(NC(=O)Cn2ccc3ccc(Cl)cc32)c1. The number of anilines is 2. The van der Waals surface area contributed by atoms with Gasteiger partial charge in [-0.15, -0.1) is 0 Å². The van der Waals surface area contributed by atoms with Crippen molar-refractivity contribution >= 4 is 45.9 Å². The minimum atomic E-state index is -0.587. The maximum absolute atomic E-state index is 12.4. The maximum Gasteiger partial charge on any atom is 0.411 e. The van der Waals surface area contributed by atoms with E-state index in [4.69, 9.17) is 21.1 Å². The van der Waals surface area contributed by atoms with Crippen LogP contribution in [-0.2, 0) is 20.8 Å². The molecule has 8 heteroatoms. The summed E-state index contributed by atoms with van der Waals surface area (Å²) >= 11 is 6.05. The highest BCUT2D eigenvalue weighted by atomic mass is 35.5. The Kier molecular flexibility index (Phi) is 6.52. The third-order valence-corrected chi connectivity index (χ3v) is 4.20. The van der Waals surface area contributed by atoms with Gasteiger partial charge >= 0.3 is 6.09 Å². The molecule has 1 heterocycles. The number of carbonyl (C=O) groups is 2. The van der Waals surface area contributed by atoms with Gasteiger partial charge in [0.2, 0.25) is 5.91 Å². The third-order valence-electron chi connectivity index (χ3n) is 3.96. The van der Waals surface area contributed by atoms with Gasteiger partial charge in [0.1, 0.15) is 13.2 Å². The summed E-state index contributed by atoms with van der Waals surface area (Å²) in [6.07, 6.45) is 1.26. The maximum atomic E-state index is 12.4. The van der Waals surface area contributed by atoms with E-state index in [0.29, 0.717) is 23.0 Å². The molecule has 0 saturated heterocycles. The van der Waals surface area contributed by atoms with E-state index >= 15 is 0 Å². The second-order valence-electron chi connectivity index (χ2n) is 6.03. The minimum Gasteiger partial charge on any atom is -0.447 e. The molecule has 28 heavy (non-hydrogen) atoms. The smallest absolute Gasteiger partial charge is 0.411 e. The molecule has 0 aliphatic heterocycles. The minimum absolute atomic E-state index is 0.139. The Morgan fingerprint density at radius 3 is 2.61 bits per heavy atom. The largest absolute Gasteiger partial charge is 0.447 e. The summed E-state index contributed by atoms with van der Waals surface area (Å²) in [5, 5.41) is 7.05. The van der Waals surface area contributed by atoms with Gasteiger partial charge in [-0.05, 0) is 41.8 Å². The number of nitrogens with one attached hydrogen (secondary N) is 2. The van der Waals surface area contributed by atoms with Crippen molar-refractivity contribution < 1.29 is 19.1 Å². The van der Waals surface area contributed by atoms with Crippen LogP contribution in [0, 0.1) is 0 Å². The Balaban J connectivity index is 1.61. The van der Waals surface area contributed by atoms with Gasteiger partial charge in [-0.25, -0.2) is 4.79 Å². The zero-order chi connectivity index (χ0) is 19.9. The molecule has 1 aromatic heterocycles. The van der Waals surface area contributed by atoms with E-state index in [0.717, 1.165) is 10.9 Å². The van der Waals surface area contributed by atoms with E-state index in [1.54, 1.807) is 24.3 Å². The number of nitrogens with zero attached hydrogens (tertiary/aromatic N) is 1. The Bertz CT molecular complexity index is 986. The molecule has 0 fully saturated rings. The third kappa shape index (κ3) is 5.25. The molecular formula is C20H20ClN3O4. The van der Waals surface area contributed by atoms with Crippen LogP contribution in [0.15, 0.2) is 54.7 Å². The molecule has 0 atom stereocenters. The van der Waals surface area contributed by atoms with Gasteiger partial charge in [0.25, 0.3) is 0 Å². The highest BCUT2D eigenvalue weighted by Crippen LogP contribution is 2.21. The standard InChI is InChI=1S/C20H20ClN3O4/c1-27-9-10-28-20(26)23-17-4-2-3-16(12-17)22-19(25)13-24-8-7-14-5-6-15(21)11-18(14)24/h2-8,11-12H,9-10,13H2,1H3,(H,22,25)(H,23,26). The fraction of sp³-hybridized carbons (Fsp3) is 0.200. The Hall–Kier alpha value is -3.03. The Morgan fingerprint density at radius 1 is 1.04 bits per heavy atom. The molecule has 0 saturated carbocycles. The highest BCUT2D eigenvalue weighted by Gasteiger charge is 2.09. The quantitative estimate of drug-likeness (QED) is 0.583. The van der Waals surface area contributed by atoms with Crippen molar-refractivity contribution in [2.24, 2.45) is 0 Å². The van der Waals surface area contributed by atoms with Crippen molar-refractivity contribution in [1.82, 2.24) is 4.57 Å². The van der Waals surface area contributed by atoms with E-state index in [9.17, 15) is 9.59 Å². The van der Waals surface area contributed by atoms with Crippen LogP contribution in [0.5, 0.6) is 0 Å². The highest BCUT2D eigenvalue weighted by molar-refractivity contribution is 6.31. The van der Waals surface area contributed by atoms with E-state index in [2.05, 4.69) is 10.6 Å². The van der Waals surface area contributed by atoms with E-state index in [1.165, 1.54) is 7.11 Å². The molecule has 0 spiro atoms. The average molecular weight is 402 g/mol. The fourth-order valence-electron chi connectivity index (χ4n) is 2.70. The molecule has 2 amide bonds. The molecule has 0 aliphatic carbocycles. The molecule has 2 N–H and O–H groups in total. The number of aromatic nitrogens is 1. The van der Waals surface area contributed by atoms with Crippen LogP contribution < -0.4 is 10.6 Å². The number of benzene rings is 2. The number of ether oxygens (including phenoxy) is 2. The summed E-state index contributed by atoms with van der Waals surface area (Å²) in [5.74, 6) is -0.197.